The van der Waals surface area contributed by atoms with Crippen LogP contribution in [0.2, 0.25) is 0 Å². The van der Waals surface area contributed by atoms with Gasteiger partial charge in [-0.15, -0.1) is 0 Å². The number of likely N-dealkylation sites (tertiary alicyclic amines) is 2. The Morgan fingerprint density at radius 1 is 0.981 bits per heavy atom. The second kappa shape index (κ2) is 14.1. The number of carbonyl (C=O) groups excluding carboxylic acids is 2. The van der Waals surface area contributed by atoms with Gasteiger partial charge in [-0.1, -0.05) is 24.3 Å². The molecule has 2 aromatic carbocycles. The fourth-order valence-electron chi connectivity index (χ4n) is 7.72. The van der Waals surface area contributed by atoms with Crippen LogP contribution in [0.5, 0.6) is 0 Å². The molecule has 1 aliphatic carbocycles. The van der Waals surface area contributed by atoms with Gasteiger partial charge in [0.25, 0.3) is 5.91 Å². The lowest BCUT2D eigenvalue weighted by atomic mass is 9.70. The monoisotopic (exact) mass is 752 g/mol. The lowest BCUT2D eigenvalue weighted by Crippen LogP contribution is -2.66. The molecule has 1 aromatic heterocycles. The van der Waals surface area contributed by atoms with Gasteiger partial charge >= 0.3 is 12.1 Å². The molecule has 16 heteroatoms. The maximum atomic E-state index is 13.8. The molecule has 1 spiro atoms. The quantitative estimate of drug-likeness (QED) is 0.226. The number of aromatic carboxylic acids is 1. The molecule has 3 heterocycles. The Morgan fingerprint density at radius 2 is 1.66 bits per heavy atom. The molecule has 3 aliphatic rings. The summed E-state index contributed by atoms with van der Waals surface area (Å²) in [7, 11) is 0. The van der Waals surface area contributed by atoms with Crippen molar-refractivity contribution in [3.8, 4) is 0 Å². The number of hydrogen-bond donors (Lipinski definition) is 1. The van der Waals surface area contributed by atoms with Crippen molar-refractivity contribution in [1.82, 2.24) is 19.6 Å². The van der Waals surface area contributed by atoms with Gasteiger partial charge in [0.05, 0.1) is 37.1 Å². The van der Waals surface area contributed by atoms with Crippen LogP contribution in [0.25, 0.3) is 0 Å². The molecule has 0 bridgehead atoms. The second-order valence-electron chi connectivity index (χ2n) is 15.0. The maximum Gasteiger partial charge on any atom is 0.402 e. The van der Waals surface area contributed by atoms with Gasteiger partial charge in [0.2, 0.25) is 11.8 Å². The van der Waals surface area contributed by atoms with E-state index in [2.05, 4.69) is 5.10 Å². The molecule has 2 saturated heterocycles. The van der Waals surface area contributed by atoms with Crippen molar-refractivity contribution in [1.29, 1.82) is 0 Å². The summed E-state index contributed by atoms with van der Waals surface area (Å²) in [5.41, 5.74) is -2.11. The summed E-state index contributed by atoms with van der Waals surface area (Å²) < 4.78 is 103. The molecule has 3 fully saturated rings. The number of aromatic nitrogens is 2. The summed E-state index contributed by atoms with van der Waals surface area (Å²) in [6, 6.07) is 8.23. The summed E-state index contributed by atoms with van der Waals surface area (Å²) in [5, 5.41) is 14.3. The first-order chi connectivity index (χ1) is 24.8. The normalized spacial score (nSPS) is 20.1. The first-order valence-corrected chi connectivity index (χ1v) is 17.2. The highest BCUT2D eigenvalue weighted by molar-refractivity contribution is 5.94. The SMILES string of the molecule is CC(C)(C(=O)N1CC2(CN(C(=O)c3cnn(Cc4ccc(F)c(F)c4)c3)C[C@H]2COCc2cccc(C3CCC(F)(F)CC3)c2C(=O)O)C1)C(F)(F)F. The van der Waals surface area contributed by atoms with Crippen molar-refractivity contribution in [2.75, 3.05) is 32.8 Å². The molecule has 0 unspecified atom stereocenters. The third kappa shape index (κ3) is 7.64. The smallest absolute Gasteiger partial charge is 0.402 e. The van der Waals surface area contributed by atoms with Gasteiger partial charge in [-0.25, -0.2) is 22.4 Å². The summed E-state index contributed by atoms with van der Waals surface area (Å²) in [4.78, 5) is 41.8. The van der Waals surface area contributed by atoms with E-state index in [1.54, 1.807) is 18.2 Å². The van der Waals surface area contributed by atoms with Gasteiger partial charge in [-0.3, -0.25) is 14.3 Å². The third-order valence-electron chi connectivity index (χ3n) is 11.0. The van der Waals surface area contributed by atoms with Crippen molar-refractivity contribution in [2.24, 2.45) is 16.7 Å². The van der Waals surface area contributed by atoms with Gasteiger partial charge in [-0.05, 0) is 61.4 Å². The van der Waals surface area contributed by atoms with Crippen LogP contribution in [0.1, 0.15) is 82.9 Å². The average Bonchev–Trinajstić information content (AvgIpc) is 3.69. The van der Waals surface area contributed by atoms with Crippen LogP contribution in [-0.2, 0) is 22.7 Å². The zero-order valence-corrected chi connectivity index (χ0v) is 29.1. The molecule has 3 aromatic rings. The lowest BCUT2D eigenvalue weighted by Gasteiger charge is -2.52. The number of carbonyl (C=O) groups is 3. The Kier molecular flexibility index (Phi) is 10.2. The minimum absolute atomic E-state index is 0.0177. The van der Waals surface area contributed by atoms with E-state index < -0.39 is 58.3 Å². The van der Waals surface area contributed by atoms with E-state index in [9.17, 15) is 50.2 Å². The molecule has 2 aliphatic heterocycles. The molecule has 53 heavy (non-hydrogen) atoms. The van der Waals surface area contributed by atoms with Crippen molar-refractivity contribution >= 4 is 17.8 Å². The van der Waals surface area contributed by atoms with Crippen molar-refractivity contribution < 1.29 is 55.0 Å². The lowest BCUT2D eigenvalue weighted by molar-refractivity contribution is -0.223. The predicted octanol–water partition coefficient (Wildman–Crippen LogP) is 6.91. The molecule has 1 N–H and O–H groups in total. The largest absolute Gasteiger partial charge is 0.478 e. The van der Waals surface area contributed by atoms with Crippen LogP contribution in [0, 0.1) is 28.4 Å². The van der Waals surface area contributed by atoms with Gasteiger partial charge < -0.3 is 19.6 Å². The summed E-state index contributed by atoms with van der Waals surface area (Å²) in [6.45, 7) is 1.55. The second-order valence-corrected chi connectivity index (χ2v) is 15.0. The molecular formula is C37H39F7N4O5. The molecular weight excluding hydrogens is 713 g/mol. The van der Waals surface area contributed by atoms with Crippen LogP contribution >= 0.6 is 0 Å². The molecule has 286 valence electrons. The molecule has 1 saturated carbocycles. The van der Waals surface area contributed by atoms with Gasteiger partial charge in [0.15, 0.2) is 11.6 Å². The number of halogens is 7. The van der Waals surface area contributed by atoms with Gasteiger partial charge in [-0.2, -0.15) is 18.3 Å². The minimum atomic E-state index is -4.79. The number of carboxylic acids is 1. The first-order valence-electron chi connectivity index (χ1n) is 17.2. The Balaban J connectivity index is 1.18. The van der Waals surface area contributed by atoms with Crippen LogP contribution < -0.4 is 0 Å². The zero-order chi connectivity index (χ0) is 38.5. The van der Waals surface area contributed by atoms with Crippen molar-refractivity contribution in [2.45, 2.75) is 70.7 Å². The molecule has 2 amide bonds. The first kappa shape index (κ1) is 38.3. The van der Waals surface area contributed by atoms with Crippen LogP contribution in [0.4, 0.5) is 30.7 Å². The minimum Gasteiger partial charge on any atom is -0.478 e. The third-order valence-corrected chi connectivity index (χ3v) is 11.0. The van der Waals surface area contributed by atoms with E-state index in [-0.39, 0.29) is 88.7 Å². The molecule has 9 nitrogen and oxygen atoms in total. The van der Waals surface area contributed by atoms with E-state index in [1.165, 1.54) is 28.0 Å². The van der Waals surface area contributed by atoms with Gasteiger partial charge in [0.1, 0.15) is 5.41 Å². The number of nitrogens with zero attached hydrogens (tertiary/aromatic N) is 4. The number of rotatable bonds is 10. The number of benzene rings is 2. The fourth-order valence-corrected chi connectivity index (χ4v) is 7.72. The molecule has 6 rings (SSSR count). The number of carboxylic acid groups (broad SMARTS) is 1. The van der Waals surface area contributed by atoms with Crippen molar-refractivity contribution in [3.05, 3.63) is 88.2 Å². The number of alkyl halides is 5. The topological polar surface area (TPSA) is 105 Å². The highest BCUT2D eigenvalue weighted by atomic mass is 19.4. The number of ether oxygens (including phenoxy) is 1. The summed E-state index contributed by atoms with van der Waals surface area (Å²) >= 11 is 0. The van der Waals surface area contributed by atoms with Crippen LogP contribution in [-0.4, -0.2) is 87.4 Å². The fraction of sp³-hybridized carbons (Fsp3) is 0.514. The van der Waals surface area contributed by atoms with Crippen LogP contribution in [0.15, 0.2) is 48.8 Å². The molecule has 1 atom stereocenters. The summed E-state index contributed by atoms with van der Waals surface area (Å²) in [5.74, 6) is -8.41. The highest BCUT2D eigenvalue weighted by Gasteiger charge is 2.61. The van der Waals surface area contributed by atoms with Gasteiger partial charge in [0, 0.05) is 56.6 Å². The van der Waals surface area contributed by atoms with Crippen molar-refractivity contribution in [3.63, 3.8) is 0 Å². The summed E-state index contributed by atoms with van der Waals surface area (Å²) in [6.07, 6.45) is -2.45. The van der Waals surface area contributed by atoms with E-state index in [1.807, 2.05) is 0 Å². The van der Waals surface area contributed by atoms with E-state index in [4.69, 9.17) is 4.74 Å². The zero-order valence-electron chi connectivity index (χ0n) is 29.1. The van der Waals surface area contributed by atoms with E-state index in [0.29, 0.717) is 16.7 Å². The van der Waals surface area contributed by atoms with Crippen LogP contribution in [0.3, 0.4) is 0 Å². The number of hydrogen-bond acceptors (Lipinski definition) is 5. The van der Waals surface area contributed by atoms with E-state index >= 15 is 0 Å². The Hall–Kier alpha value is -4.47. The average molecular weight is 753 g/mol. The number of amides is 2. The highest BCUT2D eigenvalue weighted by Crippen LogP contribution is 2.48. The Morgan fingerprint density at radius 3 is 2.30 bits per heavy atom. The van der Waals surface area contributed by atoms with E-state index in [0.717, 1.165) is 30.9 Å². The predicted molar refractivity (Wildman–Crippen MR) is 175 cm³/mol. The Labute approximate surface area is 300 Å². The standard InChI is InChI=1S/C37H39F7N4O5/c1-34(2,37(42,43)44)33(52)47-20-35(21-47)19-46(31(49)25-13-45-48(15-25)14-22-6-7-28(38)29(39)12-22)16-26(35)18-53-17-24-4-3-5-27(30(24)32(50)51)23-8-10-36(40,41)11-9-23/h3-7,12-13,15,23,26H,8-11,14,16-21H2,1-2H3,(H,50,51)/t26-/m0/s1. The maximum absolute atomic E-state index is 13.8. The molecule has 0 radical (unpaired) electrons. The Bertz CT molecular complexity index is 1880.